The summed E-state index contributed by atoms with van der Waals surface area (Å²) in [5.74, 6) is 0.536. The minimum absolute atomic E-state index is 0.536. The highest BCUT2D eigenvalue weighted by Gasteiger charge is 2.07. The molecule has 4 nitrogen and oxygen atoms in total. The molecule has 0 unspecified atom stereocenters. The number of aromatic nitrogens is 3. The lowest BCUT2D eigenvalue weighted by molar-refractivity contribution is 0.947. The van der Waals surface area contributed by atoms with Crippen LogP contribution in [0.15, 0.2) is 72.9 Å². The number of hydrogen-bond acceptors (Lipinski definition) is 4. The number of rotatable bonds is 4. The average Bonchev–Trinajstić information content (AvgIpc) is 2.67. The molecule has 0 bridgehead atoms. The maximum atomic E-state index is 4.65. The summed E-state index contributed by atoms with van der Waals surface area (Å²) >= 11 is 0. The molecule has 0 saturated heterocycles. The lowest BCUT2D eigenvalue weighted by Crippen LogP contribution is -2.06. The summed E-state index contributed by atoms with van der Waals surface area (Å²) in [5.41, 5.74) is 4.35. The van der Waals surface area contributed by atoms with E-state index in [9.17, 15) is 0 Å². The van der Waals surface area contributed by atoms with Crippen molar-refractivity contribution in [3.05, 3.63) is 84.1 Å². The Balaban J connectivity index is 1.64. The molecule has 0 aliphatic carbocycles. The van der Waals surface area contributed by atoms with Crippen LogP contribution in [0.1, 0.15) is 11.1 Å². The molecule has 4 rings (SSSR count). The molecule has 1 heterocycles. The standard InChI is InChI=1S/C21H18N4/c1-15-7-2-3-9-17(15)13-22-21-24-20(14-23-25-21)19-12-6-10-16-8-4-5-11-18(16)19/h2-12,14H,13H2,1H3,(H,22,24,25). The molecule has 1 aromatic heterocycles. The second kappa shape index (κ2) is 6.69. The second-order valence-electron chi connectivity index (χ2n) is 5.97. The van der Waals surface area contributed by atoms with Crippen LogP contribution in [0.25, 0.3) is 22.0 Å². The number of aryl methyl sites for hydroxylation is 1. The van der Waals surface area contributed by atoms with Gasteiger partial charge in [0.1, 0.15) is 0 Å². The van der Waals surface area contributed by atoms with E-state index >= 15 is 0 Å². The number of fused-ring (bicyclic) bond motifs is 1. The molecule has 0 aliphatic heterocycles. The van der Waals surface area contributed by atoms with Gasteiger partial charge in [-0.25, -0.2) is 4.98 Å². The van der Waals surface area contributed by atoms with Gasteiger partial charge >= 0.3 is 0 Å². The van der Waals surface area contributed by atoms with E-state index in [1.54, 1.807) is 6.20 Å². The Hall–Kier alpha value is -3.27. The SMILES string of the molecule is Cc1ccccc1CNc1nncc(-c2cccc3ccccc23)n1. The Morgan fingerprint density at radius 2 is 1.68 bits per heavy atom. The lowest BCUT2D eigenvalue weighted by Gasteiger charge is -2.09. The van der Waals surface area contributed by atoms with E-state index in [0.29, 0.717) is 12.5 Å². The van der Waals surface area contributed by atoms with Crippen LogP contribution in [0, 0.1) is 6.92 Å². The fourth-order valence-electron chi connectivity index (χ4n) is 2.94. The Kier molecular flexibility index (Phi) is 4.09. The number of benzene rings is 3. The van der Waals surface area contributed by atoms with Crippen LogP contribution in [0.5, 0.6) is 0 Å². The van der Waals surface area contributed by atoms with Crippen LogP contribution in [0.3, 0.4) is 0 Å². The molecular formula is C21H18N4. The maximum Gasteiger partial charge on any atom is 0.243 e. The Labute approximate surface area is 146 Å². The average molecular weight is 326 g/mol. The molecule has 4 aromatic rings. The van der Waals surface area contributed by atoms with Crippen molar-refractivity contribution < 1.29 is 0 Å². The van der Waals surface area contributed by atoms with Crippen molar-refractivity contribution in [3.63, 3.8) is 0 Å². The summed E-state index contributed by atoms with van der Waals surface area (Å²) in [6.45, 7) is 2.77. The van der Waals surface area contributed by atoms with Crippen molar-refractivity contribution >= 4 is 16.7 Å². The molecule has 0 radical (unpaired) electrons. The number of nitrogens with one attached hydrogen (secondary N) is 1. The fraction of sp³-hybridized carbons (Fsp3) is 0.0952. The van der Waals surface area contributed by atoms with E-state index in [4.69, 9.17) is 0 Å². The molecule has 0 aliphatic rings. The van der Waals surface area contributed by atoms with E-state index in [2.05, 4.69) is 63.8 Å². The van der Waals surface area contributed by atoms with E-state index in [1.165, 1.54) is 16.5 Å². The lowest BCUT2D eigenvalue weighted by atomic mass is 10.0. The highest BCUT2D eigenvalue weighted by atomic mass is 15.2. The normalized spacial score (nSPS) is 10.8. The molecule has 3 aromatic carbocycles. The Morgan fingerprint density at radius 3 is 2.60 bits per heavy atom. The van der Waals surface area contributed by atoms with Crippen LogP contribution in [-0.2, 0) is 6.54 Å². The first-order chi connectivity index (χ1) is 12.3. The minimum atomic E-state index is 0.536. The number of anilines is 1. The highest BCUT2D eigenvalue weighted by molar-refractivity contribution is 5.95. The van der Waals surface area contributed by atoms with Crippen LogP contribution in [0.2, 0.25) is 0 Å². The quantitative estimate of drug-likeness (QED) is 0.595. The largest absolute Gasteiger partial charge is 0.349 e. The van der Waals surface area contributed by atoms with Crippen molar-refractivity contribution in [1.82, 2.24) is 15.2 Å². The van der Waals surface area contributed by atoms with Gasteiger partial charge in [0, 0.05) is 12.1 Å². The topological polar surface area (TPSA) is 50.7 Å². The van der Waals surface area contributed by atoms with E-state index in [1.807, 2.05) is 30.3 Å². The van der Waals surface area contributed by atoms with Crippen molar-refractivity contribution in [2.24, 2.45) is 0 Å². The summed E-state index contributed by atoms with van der Waals surface area (Å²) in [6, 6.07) is 22.8. The maximum absolute atomic E-state index is 4.65. The summed E-state index contributed by atoms with van der Waals surface area (Å²) in [6.07, 6.45) is 1.71. The molecule has 0 fully saturated rings. The van der Waals surface area contributed by atoms with Gasteiger partial charge in [0.25, 0.3) is 0 Å². The van der Waals surface area contributed by atoms with E-state index < -0.39 is 0 Å². The van der Waals surface area contributed by atoms with Gasteiger partial charge in [-0.1, -0.05) is 66.7 Å². The molecular weight excluding hydrogens is 308 g/mol. The molecule has 0 saturated carbocycles. The zero-order valence-electron chi connectivity index (χ0n) is 14.0. The third-order valence-corrected chi connectivity index (χ3v) is 4.32. The fourth-order valence-corrected chi connectivity index (χ4v) is 2.94. The van der Waals surface area contributed by atoms with Crippen LogP contribution >= 0.6 is 0 Å². The molecule has 0 amide bonds. The van der Waals surface area contributed by atoms with E-state index in [-0.39, 0.29) is 0 Å². The van der Waals surface area contributed by atoms with Crippen LogP contribution < -0.4 is 5.32 Å². The summed E-state index contributed by atoms with van der Waals surface area (Å²) in [4.78, 5) is 4.65. The van der Waals surface area contributed by atoms with Gasteiger partial charge in [0.15, 0.2) is 0 Å². The van der Waals surface area contributed by atoms with E-state index in [0.717, 1.165) is 16.6 Å². The van der Waals surface area contributed by atoms with Gasteiger partial charge in [0.2, 0.25) is 5.95 Å². The van der Waals surface area contributed by atoms with Crippen molar-refractivity contribution in [2.75, 3.05) is 5.32 Å². The zero-order chi connectivity index (χ0) is 17.1. The highest BCUT2D eigenvalue weighted by Crippen LogP contribution is 2.27. The smallest absolute Gasteiger partial charge is 0.243 e. The van der Waals surface area contributed by atoms with Crippen molar-refractivity contribution in [1.29, 1.82) is 0 Å². The van der Waals surface area contributed by atoms with Crippen molar-refractivity contribution in [3.8, 4) is 11.3 Å². The number of hydrogen-bond donors (Lipinski definition) is 1. The van der Waals surface area contributed by atoms with Crippen LogP contribution in [0.4, 0.5) is 5.95 Å². The summed E-state index contributed by atoms with van der Waals surface area (Å²) < 4.78 is 0. The molecule has 4 heteroatoms. The first kappa shape index (κ1) is 15.3. The monoisotopic (exact) mass is 326 g/mol. The minimum Gasteiger partial charge on any atom is -0.349 e. The summed E-state index contributed by atoms with van der Waals surface area (Å²) in [5, 5.41) is 13.9. The first-order valence-electron chi connectivity index (χ1n) is 8.27. The van der Waals surface area contributed by atoms with Gasteiger partial charge < -0.3 is 5.32 Å². The molecule has 1 N–H and O–H groups in total. The molecule has 25 heavy (non-hydrogen) atoms. The summed E-state index contributed by atoms with van der Waals surface area (Å²) in [7, 11) is 0. The van der Waals surface area contributed by atoms with Crippen molar-refractivity contribution in [2.45, 2.75) is 13.5 Å². The second-order valence-corrected chi connectivity index (χ2v) is 5.97. The third kappa shape index (κ3) is 3.19. The third-order valence-electron chi connectivity index (χ3n) is 4.32. The Bertz CT molecular complexity index is 1020. The van der Waals surface area contributed by atoms with Gasteiger partial charge in [-0.2, -0.15) is 5.10 Å². The first-order valence-corrected chi connectivity index (χ1v) is 8.27. The Morgan fingerprint density at radius 1 is 0.880 bits per heavy atom. The predicted octanol–water partition coefficient (Wildman–Crippen LogP) is 4.61. The van der Waals surface area contributed by atoms with Gasteiger partial charge in [-0.15, -0.1) is 5.10 Å². The van der Waals surface area contributed by atoms with Crippen LogP contribution in [-0.4, -0.2) is 15.2 Å². The molecule has 0 spiro atoms. The molecule has 122 valence electrons. The predicted molar refractivity (Wildman–Crippen MR) is 101 cm³/mol. The van der Waals surface area contributed by atoms with Gasteiger partial charge in [-0.3, -0.25) is 0 Å². The number of nitrogens with zero attached hydrogens (tertiary/aromatic N) is 3. The zero-order valence-corrected chi connectivity index (χ0v) is 14.0. The van der Waals surface area contributed by atoms with Gasteiger partial charge in [-0.05, 0) is 28.8 Å². The molecule has 0 atom stereocenters. The van der Waals surface area contributed by atoms with Gasteiger partial charge in [0.05, 0.1) is 11.9 Å².